The van der Waals surface area contributed by atoms with Crippen molar-refractivity contribution in [3.63, 3.8) is 0 Å². The van der Waals surface area contributed by atoms with Crippen molar-refractivity contribution in [2.24, 2.45) is 0 Å². The number of nitrogens with zero attached hydrogens (tertiary/aromatic N) is 7. The maximum atomic E-state index is 13.1. The van der Waals surface area contributed by atoms with Gasteiger partial charge in [-0.2, -0.15) is 0 Å². The van der Waals surface area contributed by atoms with Crippen molar-refractivity contribution >= 4 is 44.8 Å². The first kappa shape index (κ1) is 73.9. The van der Waals surface area contributed by atoms with Crippen molar-refractivity contribution in [3.8, 4) is 33.4 Å². The van der Waals surface area contributed by atoms with Crippen LogP contribution in [0.25, 0.3) is 33.4 Å². The fourth-order valence-electron chi connectivity index (χ4n) is 14.9. The van der Waals surface area contributed by atoms with Crippen LogP contribution in [0.4, 0.5) is 22.7 Å². The van der Waals surface area contributed by atoms with Crippen LogP contribution in [-0.4, -0.2) is 113 Å². The number of unbranched alkanes of at least 4 members (excludes halogenated alkanes) is 4. The number of rotatable bonds is 18. The largest absolute Gasteiger partial charge is 0.744 e. The van der Waals surface area contributed by atoms with E-state index in [2.05, 4.69) is 187 Å². The van der Waals surface area contributed by atoms with Gasteiger partial charge in [0.15, 0.2) is 0 Å². The van der Waals surface area contributed by atoms with E-state index >= 15 is 0 Å². The first-order chi connectivity index (χ1) is 44.0. The molecule has 4 aliphatic heterocycles. The summed E-state index contributed by atoms with van der Waals surface area (Å²) in [6, 6.07) is 24.6. The second-order valence-corrected chi connectivity index (χ2v) is 28.8. The molecular formula is C79H113N7O6S. The number of fused-ring (bicyclic) bond motifs is 8. The summed E-state index contributed by atoms with van der Waals surface area (Å²) in [4.78, 5) is 33.7. The van der Waals surface area contributed by atoms with Gasteiger partial charge in [-0.3, -0.25) is 19.4 Å². The van der Waals surface area contributed by atoms with Crippen LogP contribution in [0, 0.1) is 69.2 Å². The zero-order valence-electron chi connectivity index (χ0n) is 60.7. The van der Waals surface area contributed by atoms with E-state index in [1.165, 1.54) is 180 Å². The van der Waals surface area contributed by atoms with Crippen molar-refractivity contribution in [1.82, 2.24) is 9.80 Å². The van der Waals surface area contributed by atoms with Gasteiger partial charge in [-0.05, 0) is 271 Å². The lowest BCUT2D eigenvalue weighted by Gasteiger charge is -2.47. The second kappa shape index (κ2) is 32.3. The summed E-state index contributed by atoms with van der Waals surface area (Å²) >= 11 is 0. The van der Waals surface area contributed by atoms with E-state index in [1.54, 1.807) is 0 Å². The molecule has 13 nitrogen and oxygen atoms in total. The molecule has 6 aromatic carbocycles. The number of hydrogen-bond donors (Lipinski definition) is 0. The zero-order valence-corrected chi connectivity index (χ0v) is 61.5. The summed E-state index contributed by atoms with van der Waals surface area (Å²) in [6.45, 7) is 50.9. The van der Waals surface area contributed by atoms with Crippen LogP contribution in [0.3, 0.4) is 0 Å². The zero-order chi connectivity index (χ0) is 68.4. The van der Waals surface area contributed by atoms with Crippen LogP contribution in [0.1, 0.15) is 185 Å². The summed E-state index contributed by atoms with van der Waals surface area (Å²) in [5.74, 6) is -1.12. The summed E-state index contributed by atoms with van der Waals surface area (Å²) in [5.41, 5.74) is 28.1. The molecule has 14 heteroatoms. The number of aryl methyl sites for hydroxylation is 8. The highest BCUT2D eigenvalue weighted by Gasteiger charge is 2.36. The molecule has 0 aromatic heterocycles. The van der Waals surface area contributed by atoms with Crippen LogP contribution in [0.2, 0.25) is 0 Å². The topological polar surface area (TPSA) is 120 Å². The minimum atomic E-state index is -4.77. The quantitative estimate of drug-likeness (QED) is 0.0353. The standard InChI is InChI=1S/C38H44N4O3S.C21H28N2.C16H36N.C4H6O3/c1-9-40-20-39(8)17-31-15-28(12-24(4)35(31)40)29-13-25(5)36-32(16-29)18-41-21-42(36)19-34-37(41)26(6)14-33(38(34)46(43,44)45)30-10-22(2)27(7)23(3)11-30;1-7-23-13-22(6)12-20-11-19(10-16(4)21(20)23)18-8-14(2)17(5)15(3)9-18;1-5-9-13-17(14-10-6-2,15-11-7-3)16-12-8-4;1-3(5)7-4(2)6/h10-16H,9,17-21H2,1-8H3,(H,43,44,45);8-11H,7,12-13H2,1-6H3;5-16H2,1-4H3;1-2H3/q;;+1;/p-1. The Labute approximate surface area is 561 Å². The third-order valence-electron chi connectivity index (χ3n) is 19.8. The van der Waals surface area contributed by atoms with Crippen molar-refractivity contribution in [3.05, 3.63) is 145 Å². The molecule has 6 aromatic rings. The van der Waals surface area contributed by atoms with E-state index in [1.807, 2.05) is 39.0 Å². The van der Waals surface area contributed by atoms with Gasteiger partial charge >= 0.3 is 11.9 Å². The number of ether oxygens (including phenoxy) is 1. The number of benzene rings is 6. The molecule has 0 saturated carbocycles. The Morgan fingerprint density at radius 3 is 1.13 bits per heavy atom. The Morgan fingerprint density at radius 2 is 0.774 bits per heavy atom. The number of carbonyl (C=O) groups is 2. The van der Waals surface area contributed by atoms with Gasteiger partial charge in [-0.15, -0.1) is 0 Å². The van der Waals surface area contributed by atoms with Crippen molar-refractivity contribution in [2.75, 3.05) is 93.0 Å². The lowest BCUT2D eigenvalue weighted by atomic mass is 9.89. The van der Waals surface area contributed by atoms with Gasteiger partial charge in [0.05, 0.1) is 51.1 Å². The molecule has 0 amide bonds. The molecule has 506 valence electrons. The van der Waals surface area contributed by atoms with Crippen LogP contribution in [-0.2, 0) is 50.6 Å². The molecule has 0 aliphatic carbocycles. The van der Waals surface area contributed by atoms with Crippen LogP contribution in [0.15, 0.2) is 71.6 Å². The lowest BCUT2D eigenvalue weighted by Crippen LogP contribution is -2.50. The molecule has 2 bridgehead atoms. The monoisotopic (exact) mass is 1290 g/mol. The molecule has 4 aliphatic rings. The number of hydrogen-bond acceptors (Lipinski definition) is 12. The Kier molecular flexibility index (Phi) is 25.6. The van der Waals surface area contributed by atoms with Gasteiger partial charge in [0.2, 0.25) is 0 Å². The van der Waals surface area contributed by atoms with E-state index in [0.717, 1.165) is 78.7 Å². The Morgan fingerprint density at radius 1 is 0.441 bits per heavy atom. The average Bonchev–Trinajstić information content (AvgIpc) is 0.735. The van der Waals surface area contributed by atoms with Gasteiger partial charge in [-0.1, -0.05) is 77.6 Å². The number of anilines is 4. The molecule has 93 heavy (non-hydrogen) atoms. The van der Waals surface area contributed by atoms with Gasteiger partial charge < -0.3 is 33.4 Å². The minimum Gasteiger partial charge on any atom is -0.744 e. The van der Waals surface area contributed by atoms with Gasteiger partial charge in [0.25, 0.3) is 0 Å². The fourth-order valence-corrected chi connectivity index (χ4v) is 15.8. The maximum Gasteiger partial charge on any atom is 0.310 e. The first-order valence-electron chi connectivity index (χ1n) is 34.6. The van der Waals surface area contributed by atoms with E-state index < -0.39 is 22.1 Å². The van der Waals surface area contributed by atoms with Crippen LogP contribution in [0.5, 0.6) is 0 Å². The van der Waals surface area contributed by atoms with Crippen molar-refractivity contribution < 1.29 is 31.8 Å². The minimum absolute atomic E-state index is 0.0844. The maximum absolute atomic E-state index is 13.1. The van der Waals surface area contributed by atoms with Gasteiger partial charge in [-0.25, -0.2) is 8.42 Å². The smallest absolute Gasteiger partial charge is 0.310 e. The van der Waals surface area contributed by atoms with Crippen molar-refractivity contribution in [2.45, 2.75) is 207 Å². The molecule has 4 heterocycles. The van der Waals surface area contributed by atoms with Gasteiger partial charge in [0.1, 0.15) is 10.1 Å². The van der Waals surface area contributed by atoms with Gasteiger partial charge in [0, 0.05) is 81.4 Å². The summed E-state index contributed by atoms with van der Waals surface area (Å²) in [5, 5.41) is 0. The SMILES string of the molecule is CC(=O)OC(C)=O.CCCC[N+](CCCC)(CCCC)CCCC.CCN1CN(C)Cc2cc(-c3cc(C)c(C)c(C)c3)cc(C)c21.CCN1CN(C)Cc2cc(-c3cc(C)c4c(c3)CN3CN4Cc4c3c(C)cc(-c3cc(C)c(C)c(C)c3)c4S(=O)(=O)[O-])cc(C)c21. The molecule has 0 N–H and O–H groups in total. The average molecular weight is 1290 g/mol. The fraction of sp³-hybridized carbons (Fsp3) is 0.519. The highest BCUT2D eigenvalue weighted by Crippen LogP contribution is 2.48. The second-order valence-electron chi connectivity index (χ2n) is 27.5. The molecular weight excluding hydrogens is 1170 g/mol. The Bertz CT molecular complexity index is 3670. The first-order valence-corrected chi connectivity index (χ1v) is 36.0. The van der Waals surface area contributed by atoms with E-state index in [4.69, 9.17) is 0 Å². The Balaban J connectivity index is 0.000000216. The normalized spacial score (nSPS) is 14.4. The molecule has 0 spiro atoms. The molecule has 0 unspecified atom stereocenters. The summed E-state index contributed by atoms with van der Waals surface area (Å²) in [6.07, 6.45) is 11.1. The van der Waals surface area contributed by atoms with Crippen molar-refractivity contribution in [1.29, 1.82) is 0 Å². The predicted octanol–water partition coefficient (Wildman–Crippen LogP) is 17.2. The number of carbonyl (C=O) groups excluding carboxylic acids is 2. The molecule has 0 atom stereocenters. The Hall–Kier alpha value is -6.55. The van der Waals surface area contributed by atoms with Crippen LogP contribution < -0.4 is 19.6 Å². The third-order valence-corrected chi connectivity index (χ3v) is 20.7. The highest BCUT2D eigenvalue weighted by molar-refractivity contribution is 7.86. The molecule has 10 rings (SSSR count). The van der Waals surface area contributed by atoms with Crippen LogP contribution >= 0.6 is 0 Å². The van der Waals surface area contributed by atoms with E-state index in [-0.39, 0.29) is 4.90 Å². The summed E-state index contributed by atoms with van der Waals surface area (Å²) in [7, 11) is -0.393. The number of esters is 2. The predicted molar refractivity (Wildman–Crippen MR) is 389 cm³/mol. The summed E-state index contributed by atoms with van der Waals surface area (Å²) < 4.78 is 44.6. The third kappa shape index (κ3) is 17.7. The number of quaternary nitrogens is 1. The highest BCUT2D eigenvalue weighted by atomic mass is 32.2. The molecule has 0 radical (unpaired) electrons. The molecule has 0 saturated heterocycles. The molecule has 0 fully saturated rings. The lowest BCUT2D eigenvalue weighted by molar-refractivity contribution is -0.929. The van der Waals surface area contributed by atoms with E-state index in [0.29, 0.717) is 30.9 Å². The van der Waals surface area contributed by atoms with E-state index in [9.17, 15) is 22.6 Å².